The molecule has 0 atom stereocenters. The van der Waals surface area contributed by atoms with Gasteiger partial charge in [-0.05, 0) is 31.4 Å². The predicted octanol–water partition coefficient (Wildman–Crippen LogP) is 6.93. The summed E-state index contributed by atoms with van der Waals surface area (Å²) < 4.78 is 11.6. The molecule has 138 valence electrons. The third-order valence-corrected chi connectivity index (χ3v) is 5.81. The van der Waals surface area contributed by atoms with Crippen LogP contribution in [0.25, 0.3) is 0 Å². The number of benzene rings is 2. The topological polar surface area (TPSA) is 55.8 Å². The van der Waals surface area contributed by atoms with E-state index >= 15 is 0 Å². The smallest absolute Gasteiger partial charge is 0.303 e. The molecule has 2 aromatic carbocycles. The van der Waals surface area contributed by atoms with Gasteiger partial charge in [-0.25, -0.2) is 0 Å². The van der Waals surface area contributed by atoms with Crippen molar-refractivity contribution >= 4 is 52.5 Å². The van der Waals surface area contributed by atoms with Crippen LogP contribution in [0.15, 0.2) is 34.1 Å². The van der Waals surface area contributed by atoms with E-state index < -0.39 is 5.97 Å². The van der Waals surface area contributed by atoms with Crippen molar-refractivity contribution in [3.05, 3.63) is 39.3 Å². The molecule has 26 heavy (non-hydrogen) atoms. The number of rotatable bonds is 7. The van der Waals surface area contributed by atoms with Gasteiger partial charge in [-0.2, -0.15) is 0 Å². The summed E-state index contributed by atoms with van der Waals surface area (Å²) in [6, 6.07) is 7.01. The first kappa shape index (κ1) is 19.5. The molecule has 4 nitrogen and oxygen atoms in total. The highest BCUT2D eigenvalue weighted by Gasteiger charge is 2.22. The van der Waals surface area contributed by atoms with Crippen molar-refractivity contribution in [1.82, 2.24) is 0 Å². The zero-order chi connectivity index (χ0) is 18.7. The minimum Gasteiger partial charge on any atom is -0.492 e. The summed E-state index contributed by atoms with van der Waals surface area (Å²) >= 11 is 19.9. The van der Waals surface area contributed by atoms with E-state index in [0.717, 1.165) is 22.6 Å². The molecule has 0 fully saturated rings. The Balaban J connectivity index is 1.65. The Labute approximate surface area is 170 Å². The number of hydrogen-bond acceptors (Lipinski definition) is 4. The van der Waals surface area contributed by atoms with Crippen LogP contribution in [0, 0.1) is 0 Å². The van der Waals surface area contributed by atoms with Crippen molar-refractivity contribution in [3.63, 3.8) is 0 Å². The quantitative estimate of drug-likeness (QED) is 0.409. The average molecular weight is 434 g/mol. The second kappa shape index (κ2) is 8.61. The van der Waals surface area contributed by atoms with Crippen LogP contribution in [-0.4, -0.2) is 17.7 Å². The van der Waals surface area contributed by atoms with Crippen LogP contribution in [0.1, 0.15) is 25.7 Å². The lowest BCUT2D eigenvalue weighted by molar-refractivity contribution is -0.137. The van der Waals surface area contributed by atoms with Crippen molar-refractivity contribution in [1.29, 1.82) is 0 Å². The SMILES string of the molecule is O=C(O)CCCCCOc1cc2c(cc1Cl)Oc1cc(Cl)c(Cl)cc1S2. The third kappa shape index (κ3) is 4.71. The zero-order valence-electron chi connectivity index (χ0n) is 13.6. The highest BCUT2D eigenvalue weighted by molar-refractivity contribution is 7.99. The normalized spacial score (nSPS) is 12.1. The molecule has 0 aliphatic carbocycles. The third-order valence-electron chi connectivity index (χ3n) is 3.72. The molecule has 1 aliphatic rings. The summed E-state index contributed by atoms with van der Waals surface area (Å²) in [6.45, 7) is 0.474. The lowest BCUT2D eigenvalue weighted by atomic mass is 10.2. The molecule has 1 aliphatic heterocycles. The minimum atomic E-state index is -0.776. The van der Waals surface area contributed by atoms with Crippen LogP contribution in [0.3, 0.4) is 0 Å². The zero-order valence-corrected chi connectivity index (χ0v) is 16.6. The maximum Gasteiger partial charge on any atom is 0.303 e. The number of ether oxygens (including phenoxy) is 2. The molecule has 0 radical (unpaired) electrons. The minimum absolute atomic E-state index is 0.180. The van der Waals surface area contributed by atoms with Crippen molar-refractivity contribution < 1.29 is 19.4 Å². The summed E-state index contributed by atoms with van der Waals surface area (Å²) in [7, 11) is 0. The highest BCUT2D eigenvalue weighted by atomic mass is 35.5. The van der Waals surface area contributed by atoms with Gasteiger partial charge in [0.1, 0.15) is 17.2 Å². The first-order valence-corrected chi connectivity index (χ1v) is 9.92. The van der Waals surface area contributed by atoms with Gasteiger partial charge in [0.2, 0.25) is 0 Å². The lowest BCUT2D eigenvalue weighted by Gasteiger charge is -2.21. The molecule has 1 N–H and O–H groups in total. The Morgan fingerprint density at radius 3 is 2.35 bits per heavy atom. The van der Waals surface area contributed by atoms with Gasteiger partial charge in [0.05, 0.1) is 31.5 Å². The fourth-order valence-corrected chi connectivity index (χ4v) is 4.00. The van der Waals surface area contributed by atoms with E-state index in [4.69, 9.17) is 49.4 Å². The Kier molecular flexibility index (Phi) is 6.46. The first-order valence-electron chi connectivity index (χ1n) is 7.97. The van der Waals surface area contributed by atoms with Crippen LogP contribution in [0.4, 0.5) is 0 Å². The number of carbonyl (C=O) groups is 1. The van der Waals surface area contributed by atoms with Crippen LogP contribution in [-0.2, 0) is 4.79 Å². The number of carboxylic acids is 1. The largest absolute Gasteiger partial charge is 0.492 e. The van der Waals surface area contributed by atoms with E-state index in [1.165, 1.54) is 11.8 Å². The Hall–Kier alpha value is -1.27. The Morgan fingerprint density at radius 1 is 0.962 bits per heavy atom. The standard InChI is InChI=1S/C18H15Cl3O4S/c19-10-6-14-16(8-11(10)20)26-17-9-13(12(21)7-15(17)25-14)24-5-3-1-2-4-18(22)23/h6-9H,1-5H2,(H,22,23). The van der Waals surface area contributed by atoms with E-state index in [-0.39, 0.29) is 6.42 Å². The molecule has 8 heteroatoms. The van der Waals surface area contributed by atoms with Crippen molar-refractivity contribution in [2.75, 3.05) is 6.61 Å². The van der Waals surface area contributed by atoms with Gasteiger partial charge in [0.15, 0.2) is 0 Å². The molecular formula is C18H15Cl3O4S. The number of aliphatic carboxylic acids is 1. The number of hydrogen-bond donors (Lipinski definition) is 1. The molecule has 2 aromatic rings. The Morgan fingerprint density at radius 2 is 1.62 bits per heavy atom. The second-order valence-electron chi connectivity index (χ2n) is 5.70. The monoisotopic (exact) mass is 432 g/mol. The maximum absolute atomic E-state index is 10.5. The van der Waals surface area contributed by atoms with Gasteiger partial charge in [-0.15, -0.1) is 0 Å². The van der Waals surface area contributed by atoms with Crippen molar-refractivity contribution in [2.24, 2.45) is 0 Å². The van der Waals surface area contributed by atoms with E-state index in [0.29, 0.717) is 45.3 Å². The lowest BCUT2D eigenvalue weighted by Crippen LogP contribution is -2.01. The first-order chi connectivity index (χ1) is 12.4. The second-order valence-corrected chi connectivity index (χ2v) is 8.00. The molecule has 0 amide bonds. The predicted molar refractivity (Wildman–Crippen MR) is 104 cm³/mol. The van der Waals surface area contributed by atoms with Crippen LogP contribution < -0.4 is 9.47 Å². The molecule has 0 saturated heterocycles. The van der Waals surface area contributed by atoms with Gasteiger partial charge in [0, 0.05) is 18.6 Å². The van der Waals surface area contributed by atoms with E-state index in [1.54, 1.807) is 18.2 Å². The van der Waals surface area contributed by atoms with Gasteiger partial charge in [-0.1, -0.05) is 46.6 Å². The number of carboxylic acid groups (broad SMARTS) is 1. The van der Waals surface area contributed by atoms with Crippen molar-refractivity contribution in [2.45, 2.75) is 35.5 Å². The fraction of sp³-hybridized carbons (Fsp3) is 0.278. The van der Waals surface area contributed by atoms with Gasteiger partial charge in [-0.3, -0.25) is 4.79 Å². The summed E-state index contributed by atoms with van der Waals surface area (Å²) in [5.74, 6) is 1.07. The number of fused-ring (bicyclic) bond motifs is 2. The summed E-state index contributed by atoms with van der Waals surface area (Å²) in [5, 5.41) is 9.98. The Bertz CT molecular complexity index is 842. The number of halogens is 3. The van der Waals surface area contributed by atoms with E-state index in [1.807, 2.05) is 6.07 Å². The molecular weight excluding hydrogens is 419 g/mol. The summed E-state index contributed by atoms with van der Waals surface area (Å²) in [4.78, 5) is 12.2. The summed E-state index contributed by atoms with van der Waals surface area (Å²) in [6.07, 6.45) is 2.38. The average Bonchev–Trinajstić information content (AvgIpc) is 2.58. The van der Waals surface area contributed by atoms with Gasteiger partial charge in [0.25, 0.3) is 0 Å². The number of unbranched alkanes of at least 4 members (excludes halogenated alkanes) is 2. The highest BCUT2D eigenvalue weighted by Crippen LogP contribution is 2.51. The van der Waals surface area contributed by atoms with E-state index in [9.17, 15) is 4.79 Å². The van der Waals surface area contributed by atoms with Gasteiger partial charge < -0.3 is 14.6 Å². The molecule has 1 heterocycles. The molecule has 0 saturated carbocycles. The van der Waals surface area contributed by atoms with E-state index in [2.05, 4.69) is 0 Å². The molecule has 3 rings (SSSR count). The molecule has 0 spiro atoms. The van der Waals surface area contributed by atoms with Crippen LogP contribution >= 0.6 is 46.6 Å². The fourth-order valence-electron chi connectivity index (χ4n) is 2.43. The summed E-state index contributed by atoms with van der Waals surface area (Å²) in [5.41, 5.74) is 0. The van der Waals surface area contributed by atoms with Crippen molar-refractivity contribution in [3.8, 4) is 17.2 Å². The van der Waals surface area contributed by atoms with Gasteiger partial charge >= 0.3 is 5.97 Å². The van der Waals surface area contributed by atoms with Crippen LogP contribution in [0.5, 0.6) is 17.2 Å². The molecule has 0 aromatic heterocycles. The molecule has 0 bridgehead atoms. The maximum atomic E-state index is 10.5. The van der Waals surface area contributed by atoms with Crippen LogP contribution in [0.2, 0.25) is 15.1 Å². The molecule has 0 unspecified atom stereocenters.